The molecule has 1 N–H and O–H groups in total. The van der Waals surface area contributed by atoms with Crippen LogP contribution in [0.4, 0.5) is 10.2 Å². The normalized spacial score (nSPS) is 16.2. The van der Waals surface area contributed by atoms with E-state index in [0.717, 1.165) is 12.0 Å². The average molecular weight is 441 g/mol. The van der Waals surface area contributed by atoms with Crippen LogP contribution < -0.4 is 5.32 Å². The molecule has 4 rings (SSSR count). The highest BCUT2D eigenvalue weighted by atomic mass is 35.5. The van der Waals surface area contributed by atoms with Gasteiger partial charge in [-0.05, 0) is 54.8 Å². The van der Waals surface area contributed by atoms with Crippen LogP contribution in [0.3, 0.4) is 0 Å². The molecular formula is C23H22ClFN4O2. The monoisotopic (exact) mass is 440 g/mol. The maximum Gasteiger partial charge on any atom is 0.253 e. The van der Waals surface area contributed by atoms with E-state index in [1.807, 2.05) is 24.3 Å². The van der Waals surface area contributed by atoms with E-state index >= 15 is 0 Å². The van der Waals surface area contributed by atoms with Crippen molar-refractivity contribution in [3.05, 3.63) is 82.8 Å². The zero-order chi connectivity index (χ0) is 21.8. The highest BCUT2D eigenvalue weighted by Crippen LogP contribution is 2.21. The number of likely N-dealkylation sites (tertiary alicyclic amines) is 1. The van der Waals surface area contributed by atoms with Gasteiger partial charge in [-0.25, -0.2) is 9.07 Å². The van der Waals surface area contributed by atoms with Gasteiger partial charge < -0.3 is 10.2 Å². The maximum atomic E-state index is 13.1. The first-order chi connectivity index (χ1) is 15.0. The molecule has 8 heteroatoms. The maximum absolute atomic E-state index is 13.1. The van der Waals surface area contributed by atoms with Crippen molar-refractivity contribution in [2.75, 3.05) is 18.4 Å². The molecule has 1 aliphatic rings. The van der Waals surface area contributed by atoms with Gasteiger partial charge in [0.05, 0.1) is 18.7 Å². The zero-order valence-electron chi connectivity index (χ0n) is 16.8. The molecule has 1 unspecified atom stereocenters. The molecule has 1 saturated heterocycles. The summed E-state index contributed by atoms with van der Waals surface area (Å²) in [6.45, 7) is 1.40. The quantitative estimate of drug-likeness (QED) is 0.646. The van der Waals surface area contributed by atoms with Crippen LogP contribution in [0.1, 0.15) is 28.8 Å². The number of rotatable bonds is 5. The Bertz CT molecular complexity index is 1070. The van der Waals surface area contributed by atoms with Gasteiger partial charge in [0, 0.05) is 29.7 Å². The summed E-state index contributed by atoms with van der Waals surface area (Å²) in [5.41, 5.74) is 1.43. The standard InChI is InChI=1S/C23H22ClFN4O2/c24-19-7-3-16(4-8-19)14-29-21(11-12-26-29)27-22(30)18-2-1-13-28(15-18)23(31)17-5-9-20(25)10-6-17/h3-12,18H,1-2,13-15H2,(H,27,30). The molecule has 6 nitrogen and oxygen atoms in total. The second-order valence-electron chi connectivity index (χ2n) is 7.59. The van der Waals surface area contributed by atoms with Crippen LogP contribution in [0.2, 0.25) is 5.02 Å². The van der Waals surface area contributed by atoms with E-state index in [-0.39, 0.29) is 23.5 Å². The van der Waals surface area contributed by atoms with E-state index in [0.29, 0.717) is 42.5 Å². The van der Waals surface area contributed by atoms with Gasteiger partial charge in [-0.15, -0.1) is 0 Å². The van der Waals surface area contributed by atoms with Crippen molar-refractivity contribution in [1.82, 2.24) is 14.7 Å². The van der Waals surface area contributed by atoms with Crippen molar-refractivity contribution in [1.29, 1.82) is 0 Å². The Morgan fingerprint density at radius 2 is 1.84 bits per heavy atom. The molecule has 0 aliphatic carbocycles. The predicted molar refractivity (Wildman–Crippen MR) is 116 cm³/mol. The van der Waals surface area contributed by atoms with Gasteiger partial charge in [0.2, 0.25) is 5.91 Å². The second-order valence-corrected chi connectivity index (χ2v) is 8.02. The van der Waals surface area contributed by atoms with E-state index in [1.165, 1.54) is 24.3 Å². The molecule has 3 aromatic rings. The van der Waals surface area contributed by atoms with Crippen molar-refractivity contribution in [2.24, 2.45) is 5.92 Å². The fraction of sp³-hybridized carbons (Fsp3) is 0.261. The number of piperidine rings is 1. The van der Waals surface area contributed by atoms with Crippen molar-refractivity contribution in [3.8, 4) is 0 Å². The van der Waals surface area contributed by atoms with Crippen LogP contribution >= 0.6 is 11.6 Å². The predicted octanol–water partition coefficient (Wildman–Crippen LogP) is 4.21. The number of aromatic nitrogens is 2. The molecule has 1 aliphatic heterocycles. The van der Waals surface area contributed by atoms with Gasteiger partial charge in [-0.2, -0.15) is 5.10 Å². The Morgan fingerprint density at radius 1 is 1.10 bits per heavy atom. The van der Waals surface area contributed by atoms with Crippen LogP contribution in [0, 0.1) is 11.7 Å². The molecule has 0 radical (unpaired) electrons. The molecular weight excluding hydrogens is 419 g/mol. The van der Waals surface area contributed by atoms with Gasteiger partial charge in [0.15, 0.2) is 0 Å². The molecule has 2 amide bonds. The minimum absolute atomic E-state index is 0.144. The van der Waals surface area contributed by atoms with Crippen molar-refractivity contribution in [3.63, 3.8) is 0 Å². The highest BCUT2D eigenvalue weighted by Gasteiger charge is 2.29. The van der Waals surface area contributed by atoms with Gasteiger partial charge >= 0.3 is 0 Å². The van der Waals surface area contributed by atoms with Crippen LogP contribution in [0.25, 0.3) is 0 Å². The number of hydrogen-bond donors (Lipinski definition) is 1. The number of anilines is 1. The Morgan fingerprint density at radius 3 is 2.58 bits per heavy atom. The minimum atomic E-state index is -0.386. The van der Waals surface area contributed by atoms with Crippen molar-refractivity contribution >= 4 is 29.2 Å². The SMILES string of the molecule is O=C(Nc1ccnn1Cc1ccc(Cl)cc1)C1CCCN(C(=O)c2ccc(F)cc2)C1. The van der Waals surface area contributed by atoms with Gasteiger partial charge in [-0.3, -0.25) is 9.59 Å². The summed E-state index contributed by atoms with van der Waals surface area (Å²) in [6, 6.07) is 14.7. The summed E-state index contributed by atoms with van der Waals surface area (Å²) in [5, 5.41) is 7.90. The van der Waals surface area contributed by atoms with Crippen LogP contribution in [0.15, 0.2) is 60.8 Å². The summed E-state index contributed by atoms with van der Waals surface area (Å²) in [6.07, 6.45) is 3.07. The second kappa shape index (κ2) is 9.31. The third kappa shape index (κ3) is 5.11. The zero-order valence-corrected chi connectivity index (χ0v) is 17.6. The topological polar surface area (TPSA) is 67.2 Å². The van der Waals surface area contributed by atoms with Gasteiger partial charge in [-0.1, -0.05) is 23.7 Å². The van der Waals surface area contributed by atoms with E-state index in [4.69, 9.17) is 11.6 Å². The number of amides is 2. The largest absolute Gasteiger partial charge is 0.338 e. The molecule has 1 fully saturated rings. The lowest BCUT2D eigenvalue weighted by molar-refractivity contribution is -0.121. The number of nitrogens with one attached hydrogen (secondary N) is 1. The molecule has 160 valence electrons. The highest BCUT2D eigenvalue weighted by molar-refractivity contribution is 6.30. The summed E-state index contributed by atoms with van der Waals surface area (Å²) < 4.78 is 14.9. The number of halogens is 2. The van der Waals surface area contributed by atoms with Crippen molar-refractivity contribution in [2.45, 2.75) is 19.4 Å². The molecule has 2 heterocycles. The molecule has 2 aromatic carbocycles. The Balaban J connectivity index is 1.40. The molecule has 1 atom stereocenters. The number of benzene rings is 2. The van der Waals surface area contributed by atoms with E-state index < -0.39 is 0 Å². The van der Waals surface area contributed by atoms with Gasteiger partial charge in [0.1, 0.15) is 11.6 Å². The smallest absolute Gasteiger partial charge is 0.253 e. The van der Waals surface area contributed by atoms with Crippen LogP contribution in [-0.2, 0) is 11.3 Å². The molecule has 0 saturated carbocycles. The minimum Gasteiger partial charge on any atom is -0.338 e. The molecule has 1 aromatic heterocycles. The number of hydrogen-bond acceptors (Lipinski definition) is 3. The summed E-state index contributed by atoms with van der Waals surface area (Å²) >= 11 is 5.94. The van der Waals surface area contributed by atoms with Crippen molar-refractivity contribution < 1.29 is 14.0 Å². The third-order valence-corrected chi connectivity index (χ3v) is 5.64. The van der Waals surface area contributed by atoms with Crippen LogP contribution in [-0.4, -0.2) is 39.6 Å². The molecule has 31 heavy (non-hydrogen) atoms. The lowest BCUT2D eigenvalue weighted by Gasteiger charge is -2.32. The number of carbonyl (C=O) groups is 2. The average Bonchev–Trinajstić information content (AvgIpc) is 3.22. The fourth-order valence-corrected chi connectivity index (χ4v) is 3.83. The summed E-state index contributed by atoms with van der Waals surface area (Å²) in [7, 11) is 0. The Kier molecular flexibility index (Phi) is 6.32. The third-order valence-electron chi connectivity index (χ3n) is 5.38. The molecule has 0 bridgehead atoms. The first-order valence-corrected chi connectivity index (χ1v) is 10.5. The van der Waals surface area contributed by atoms with E-state index in [9.17, 15) is 14.0 Å². The number of nitrogens with zero attached hydrogens (tertiary/aromatic N) is 3. The number of carbonyl (C=O) groups excluding carboxylic acids is 2. The van der Waals surface area contributed by atoms with E-state index in [2.05, 4.69) is 10.4 Å². The lowest BCUT2D eigenvalue weighted by Crippen LogP contribution is -2.43. The Labute approximate surface area is 184 Å². The first kappa shape index (κ1) is 21.1. The summed E-state index contributed by atoms with van der Waals surface area (Å²) in [5.74, 6) is -0.443. The summed E-state index contributed by atoms with van der Waals surface area (Å²) in [4.78, 5) is 27.3. The lowest BCUT2D eigenvalue weighted by atomic mass is 9.96. The first-order valence-electron chi connectivity index (χ1n) is 10.1. The van der Waals surface area contributed by atoms with E-state index in [1.54, 1.807) is 21.8 Å². The Hall–Kier alpha value is -3.19. The fourth-order valence-electron chi connectivity index (χ4n) is 3.71. The van der Waals surface area contributed by atoms with Gasteiger partial charge in [0.25, 0.3) is 5.91 Å². The van der Waals surface area contributed by atoms with Crippen LogP contribution in [0.5, 0.6) is 0 Å². The molecule has 0 spiro atoms.